The first kappa shape index (κ1) is 10.5. The van der Waals surface area contributed by atoms with Crippen LogP contribution in [0.15, 0.2) is 0 Å². The monoisotopic (exact) mass is 143 g/mol. The third-order valence-corrected chi connectivity index (χ3v) is 1.19. The Balaban J connectivity index is 0. The highest BCUT2D eigenvalue weighted by Gasteiger charge is 1.90. The van der Waals surface area contributed by atoms with Gasteiger partial charge in [0.1, 0.15) is 0 Å². The Labute approximate surface area is 55.6 Å². The maximum absolute atomic E-state index is 5.37. The van der Waals surface area contributed by atoms with E-state index in [0.717, 1.165) is 0 Å². The first-order valence-corrected chi connectivity index (χ1v) is 2.60. The van der Waals surface area contributed by atoms with Crippen molar-refractivity contribution < 1.29 is 0 Å². The molecule has 0 aromatic heterocycles. The van der Waals surface area contributed by atoms with Crippen molar-refractivity contribution in [3.05, 3.63) is 0 Å². The fourth-order valence-electron chi connectivity index (χ4n) is 0.0630. The van der Waals surface area contributed by atoms with Gasteiger partial charge >= 0.3 is 0 Å². The first-order valence-electron chi connectivity index (χ1n) is 2.07. The summed E-state index contributed by atoms with van der Waals surface area (Å²) >= 11 is 5.37. The molecule has 1 nitrogen and oxygen atoms in total. The molecule has 46 valence electrons. The van der Waals surface area contributed by atoms with Crippen molar-refractivity contribution in [2.24, 2.45) is 11.7 Å². The summed E-state index contributed by atoms with van der Waals surface area (Å²) in [5.74, 6) is 1.16. The average Bonchev–Trinajstić information content (AvgIpc) is 1.65. The van der Waals surface area contributed by atoms with Crippen molar-refractivity contribution in [2.75, 3.05) is 12.4 Å². The van der Waals surface area contributed by atoms with Gasteiger partial charge in [0.15, 0.2) is 0 Å². The Kier molecular flexibility index (Phi) is 9.82. The van der Waals surface area contributed by atoms with Crippen LogP contribution in [0.5, 0.6) is 0 Å². The van der Waals surface area contributed by atoms with E-state index in [-0.39, 0.29) is 12.4 Å². The normalized spacial score (nSPS) is 12.4. The van der Waals surface area contributed by atoms with Crippen LogP contribution in [-0.2, 0) is 0 Å². The molecule has 1 atom stereocenters. The van der Waals surface area contributed by atoms with Gasteiger partial charge in [-0.05, 0) is 12.5 Å². The van der Waals surface area contributed by atoms with E-state index in [1.807, 2.05) is 6.92 Å². The van der Waals surface area contributed by atoms with Gasteiger partial charge in [0.2, 0.25) is 0 Å². The molecule has 0 radical (unpaired) electrons. The lowest BCUT2D eigenvalue weighted by atomic mass is 10.2. The Bertz CT molecular complexity index is 28.9. The van der Waals surface area contributed by atoms with Gasteiger partial charge in [-0.2, -0.15) is 0 Å². The fraction of sp³-hybridized carbons (Fsp3) is 1.00. The van der Waals surface area contributed by atoms with Crippen LogP contribution in [0.4, 0.5) is 0 Å². The lowest BCUT2D eigenvalue weighted by Gasteiger charge is -1.97. The second kappa shape index (κ2) is 6.54. The van der Waals surface area contributed by atoms with Gasteiger partial charge in [-0.15, -0.1) is 24.0 Å². The van der Waals surface area contributed by atoms with Gasteiger partial charge in [-0.3, -0.25) is 0 Å². The highest BCUT2D eigenvalue weighted by Crippen LogP contribution is 1.91. The van der Waals surface area contributed by atoms with Gasteiger partial charge < -0.3 is 5.73 Å². The molecule has 0 saturated heterocycles. The van der Waals surface area contributed by atoms with E-state index < -0.39 is 0 Å². The minimum absolute atomic E-state index is 0. The molecule has 0 heterocycles. The van der Waals surface area contributed by atoms with Crippen molar-refractivity contribution in [2.45, 2.75) is 6.92 Å². The Hall–Kier alpha value is 0.540. The SMILES string of the molecule is C[C@@H](CN)CCl.Cl. The summed E-state index contributed by atoms with van der Waals surface area (Å²) in [5, 5.41) is 0. The third kappa shape index (κ3) is 6.54. The molecular formula is C4H11Cl2N. The van der Waals surface area contributed by atoms with Crippen LogP contribution in [0.1, 0.15) is 6.92 Å². The van der Waals surface area contributed by atoms with E-state index in [2.05, 4.69) is 0 Å². The molecule has 0 fully saturated rings. The number of alkyl halides is 1. The zero-order valence-corrected chi connectivity index (χ0v) is 5.93. The second-order valence-electron chi connectivity index (χ2n) is 1.50. The summed E-state index contributed by atoms with van der Waals surface area (Å²) < 4.78 is 0. The smallest absolute Gasteiger partial charge is 0.0261 e. The molecule has 0 bridgehead atoms. The predicted molar refractivity (Wildman–Crippen MR) is 36.2 cm³/mol. The molecule has 3 heteroatoms. The van der Waals surface area contributed by atoms with Crippen LogP contribution in [0.3, 0.4) is 0 Å². The standard InChI is InChI=1S/C4H10ClN.ClH/c1-4(2-5)3-6;/h4H,2-3,6H2,1H3;1H/t4-;/m1./s1. The van der Waals surface area contributed by atoms with Crippen molar-refractivity contribution in [1.82, 2.24) is 0 Å². The molecule has 0 aliphatic rings. The second-order valence-corrected chi connectivity index (χ2v) is 1.80. The van der Waals surface area contributed by atoms with E-state index in [4.69, 9.17) is 17.3 Å². The maximum atomic E-state index is 5.37. The zero-order chi connectivity index (χ0) is 4.99. The molecule has 7 heavy (non-hydrogen) atoms. The molecule has 0 aromatic rings. The van der Waals surface area contributed by atoms with Crippen LogP contribution < -0.4 is 5.73 Å². The molecular weight excluding hydrogens is 133 g/mol. The molecule has 0 aliphatic heterocycles. The zero-order valence-electron chi connectivity index (χ0n) is 4.36. The molecule has 0 aliphatic carbocycles. The highest BCUT2D eigenvalue weighted by molar-refractivity contribution is 6.18. The molecule has 0 spiro atoms. The lowest BCUT2D eigenvalue weighted by Crippen LogP contribution is -2.11. The van der Waals surface area contributed by atoms with E-state index in [0.29, 0.717) is 18.3 Å². The molecule has 2 N–H and O–H groups in total. The van der Waals surface area contributed by atoms with Gasteiger partial charge in [-0.25, -0.2) is 0 Å². The number of nitrogens with two attached hydrogens (primary N) is 1. The van der Waals surface area contributed by atoms with E-state index in [9.17, 15) is 0 Å². The lowest BCUT2D eigenvalue weighted by molar-refractivity contribution is 0.671. The molecule has 0 amide bonds. The summed E-state index contributed by atoms with van der Waals surface area (Å²) in [4.78, 5) is 0. The van der Waals surface area contributed by atoms with E-state index in [1.54, 1.807) is 0 Å². The van der Waals surface area contributed by atoms with Crippen LogP contribution >= 0.6 is 24.0 Å². The minimum Gasteiger partial charge on any atom is -0.330 e. The summed E-state index contributed by atoms with van der Waals surface area (Å²) in [6.45, 7) is 2.72. The maximum Gasteiger partial charge on any atom is 0.0261 e. The summed E-state index contributed by atoms with van der Waals surface area (Å²) in [7, 11) is 0. The summed E-state index contributed by atoms with van der Waals surface area (Å²) in [6, 6.07) is 0. The van der Waals surface area contributed by atoms with Crippen molar-refractivity contribution in [3.63, 3.8) is 0 Å². The number of halogens is 2. The van der Waals surface area contributed by atoms with Crippen molar-refractivity contribution in [3.8, 4) is 0 Å². The van der Waals surface area contributed by atoms with Gasteiger partial charge in [0.05, 0.1) is 0 Å². The molecule has 0 aromatic carbocycles. The predicted octanol–water partition coefficient (Wildman–Crippen LogP) is 1.24. The van der Waals surface area contributed by atoms with E-state index >= 15 is 0 Å². The molecule has 0 saturated carbocycles. The number of hydrogen-bond donors (Lipinski definition) is 1. The Morgan fingerprint density at radius 3 is 2.14 bits per heavy atom. The van der Waals surface area contributed by atoms with Gasteiger partial charge in [0, 0.05) is 5.88 Å². The fourth-order valence-corrected chi connectivity index (χ4v) is 0.189. The minimum atomic E-state index is 0. The summed E-state index contributed by atoms with van der Waals surface area (Å²) in [6.07, 6.45) is 0. The third-order valence-electron chi connectivity index (χ3n) is 0.666. The van der Waals surface area contributed by atoms with Crippen molar-refractivity contribution >= 4 is 24.0 Å². The summed E-state index contributed by atoms with van der Waals surface area (Å²) in [5.41, 5.74) is 5.20. The van der Waals surface area contributed by atoms with Crippen LogP contribution in [0, 0.1) is 5.92 Å². The number of hydrogen-bond acceptors (Lipinski definition) is 1. The largest absolute Gasteiger partial charge is 0.330 e. The van der Waals surface area contributed by atoms with Crippen molar-refractivity contribution in [1.29, 1.82) is 0 Å². The van der Waals surface area contributed by atoms with Crippen LogP contribution in [0.2, 0.25) is 0 Å². The topological polar surface area (TPSA) is 26.0 Å². The Morgan fingerprint density at radius 2 is 2.14 bits per heavy atom. The van der Waals surface area contributed by atoms with Crippen LogP contribution in [-0.4, -0.2) is 12.4 Å². The van der Waals surface area contributed by atoms with Crippen LogP contribution in [0.25, 0.3) is 0 Å². The average molecular weight is 144 g/mol. The van der Waals surface area contributed by atoms with Gasteiger partial charge in [0.25, 0.3) is 0 Å². The van der Waals surface area contributed by atoms with E-state index in [1.165, 1.54) is 0 Å². The quantitative estimate of drug-likeness (QED) is 0.579. The first-order chi connectivity index (χ1) is 2.81. The van der Waals surface area contributed by atoms with Gasteiger partial charge in [-0.1, -0.05) is 6.92 Å². The Morgan fingerprint density at radius 1 is 1.71 bits per heavy atom. The molecule has 0 rings (SSSR count). The highest BCUT2D eigenvalue weighted by atomic mass is 35.5. The molecule has 0 unspecified atom stereocenters. The number of rotatable bonds is 2.